The van der Waals surface area contributed by atoms with Gasteiger partial charge in [0.05, 0.1) is 13.2 Å². The van der Waals surface area contributed by atoms with Crippen LogP contribution in [0.4, 0.5) is 0 Å². The summed E-state index contributed by atoms with van der Waals surface area (Å²) in [6, 6.07) is 0. The average Bonchev–Trinajstić information content (AvgIpc) is 2.12. The van der Waals surface area contributed by atoms with Crippen molar-refractivity contribution in [2.24, 2.45) is 17.3 Å². The number of carbonyl (C=O) groups excluding carboxylic acids is 1. The summed E-state index contributed by atoms with van der Waals surface area (Å²) in [4.78, 5) is 11.2. The van der Waals surface area contributed by atoms with Crippen LogP contribution >= 0.6 is 0 Å². The first-order valence-electron chi connectivity index (χ1n) is 5.61. The van der Waals surface area contributed by atoms with Crippen LogP contribution in [0.25, 0.3) is 0 Å². The third kappa shape index (κ3) is 2.94. The predicted octanol–water partition coefficient (Wildman–Crippen LogP) is 1.98. The second kappa shape index (κ2) is 4.52. The fourth-order valence-electron chi connectivity index (χ4n) is 2.84. The molecule has 0 aromatic rings. The maximum Gasteiger partial charge on any atom is 0.305 e. The molecule has 0 amide bonds. The van der Waals surface area contributed by atoms with Gasteiger partial charge in [0.25, 0.3) is 0 Å². The van der Waals surface area contributed by atoms with E-state index in [-0.39, 0.29) is 17.5 Å². The molecule has 2 unspecified atom stereocenters. The number of rotatable bonds is 4. The largest absolute Gasteiger partial charge is 0.469 e. The number of ether oxygens (including phenoxy) is 1. The minimum absolute atomic E-state index is 0.136. The second-order valence-electron chi connectivity index (χ2n) is 5.42. The number of hydrogen-bond acceptors (Lipinski definition) is 3. The fourth-order valence-corrected chi connectivity index (χ4v) is 2.84. The number of aliphatic hydroxyl groups is 1. The van der Waals surface area contributed by atoms with Crippen molar-refractivity contribution in [3.05, 3.63) is 0 Å². The van der Waals surface area contributed by atoms with E-state index >= 15 is 0 Å². The number of aliphatic hydroxyl groups excluding tert-OH is 1. The van der Waals surface area contributed by atoms with Gasteiger partial charge in [0.15, 0.2) is 0 Å². The van der Waals surface area contributed by atoms with Crippen LogP contribution in [-0.2, 0) is 9.53 Å². The number of carbonyl (C=O) groups is 1. The highest BCUT2D eigenvalue weighted by Crippen LogP contribution is 2.54. The van der Waals surface area contributed by atoms with E-state index in [2.05, 4.69) is 13.8 Å². The van der Waals surface area contributed by atoms with E-state index in [1.54, 1.807) is 6.92 Å². The SMILES string of the molecule is COC(=O)CC1C(C[C@H](C)O)CC1(C)C. The summed E-state index contributed by atoms with van der Waals surface area (Å²) in [5.41, 5.74) is 0.216. The van der Waals surface area contributed by atoms with E-state index in [0.29, 0.717) is 18.3 Å². The molecule has 1 aliphatic carbocycles. The molecular weight excluding hydrogens is 192 g/mol. The summed E-state index contributed by atoms with van der Waals surface area (Å²) >= 11 is 0. The minimum Gasteiger partial charge on any atom is -0.469 e. The number of hydrogen-bond donors (Lipinski definition) is 1. The second-order valence-corrected chi connectivity index (χ2v) is 5.42. The molecule has 0 aromatic carbocycles. The molecule has 88 valence electrons. The Hall–Kier alpha value is -0.570. The molecule has 1 aliphatic rings. The maximum absolute atomic E-state index is 11.2. The first-order valence-corrected chi connectivity index (χ1v) is 5.61. The summed E-state index contributed by atoms with van der Waals surface area (Å²) in [6.45, 7) is 6.17. The zero-order chi connectivity index (χ0) is 11.6. The molecule has 0 heterocycles. The van der Waals surface area contributed by atoms with Crippen LogP contribution < -0.4 is 0 Å². The van der Waals surface area contributed by atoms with Crippen molar-refractivity contribution in [1.29, 1.82) is 0 Å². The van der Waals surface area contributed by atoms with Crippen LogP contribution in [0, 0.1) is 17.3 Å². The highest BCUT2D eigenvalue weighted by molar-refractivity contribution is 5.69. The molecule has 1 saturated carbocycles. The maximum atomic E-state index is 11.2. The summed E-state index contributed by atoms with van der Waals surface area (Å²) in [6.07, 6.45) is 2.11. The topological polar surface area (TPSA) is 46.5 Å². The van der Waals surface area contributed by atoms with Crippen LogP contribution in [0.15, 0.2) is 0 Å². The van der Waals surface area contributed by atoms with Crippen molar-refractivity contribution >= 4 is 5.97 Å². The van der Waals surface area contributed by atoms with Gasteiger partial charge in [0.2, 0.25) is 0 Å². The molecule has 3 heteroatoms. The Bertz CT molecular complexity index is 231. The van der Waals surface area contributed by atoms with E-state index in [4.69, 9.17) is 4.74 Å². The number of esters is 1. The van der Waals surface area contributed by atoms with Crippen molar-refractivity contribution in [3.63, 3.8) is 0 Å². The summed E-state index contributed by atoms with van der Waals surface area (Å²) < 4.78 is 4.70. The predicted molar refractivity (Wildman–Crippen MR) is 58.3 cm³/mol. The molecule has 15 heavy (non-hydrogen) atoms. The highest BCUT2D eigenvalue weighted by atomic mass is 16.5. The van der Waals surface area contributed by atoms with Crippen molar-refractivity contribution in [2.75, 3.05) is 7.11 Å². The van der Waals surface area contributed by atoms with Crippen molar-refractivity contribution in [1.82, 2.24) is 0 Å². The lowest BCUT2D eigenvalue weighted by Gasteiger charge is -2.52. The van der Waals surface area contributed by atoms with E-state index < -0.39 is 0 Å². The number of methoxy groups -OCH3 is 1. The molecule has 3 atom stereocenters. The van der Waals surface area contributed by atoms with Crippen molar-refractivity contribution < 1.29 is 14.6 Å². The van der Waals surface area contributed by atoms with Gasteiger partial charge in [-0.05, 0) is 37.0 Å². The molecule has 3 nitrogen and oxygen atoms in total. The zero-order valence-corrected chi connectivity index (χ0v) is 10.1. The molecule has 0 saturated heterocycles. The Morgan fingerprint density at radius 3 is 2.60 bits per heavy atom. The molecule has 0 aliphatic heterocycles. The molecule has 0 radical (unpaired) electrons. The van der Waals surface area contributed by atoms with Gasteiger partial charge in [-0.25, -0.2) is 0 Å². The van der Waals surface area contributed by atoms with E-state index in [1.807, 2.05) is 0 Å². The van der Waals surface area contributed by atoms with Gasteiger partial charge in [0, 0.05) is 6.42 Å². The average molecular weight is 214 g/mol. The molecule has 0 aromatic heterocycles. The van der Waals surface area contributed by atoms with Gasteiger partial charge in [-0.2, -0.15) is 0 Å². The van der Waals surface area contributed by atoms with Gasteiger partial charge >= 0.3 is 5.97 Å². The van der Waals surface area contributed by atoms with E-state index in [9.17, 15) is 9.90 Å². The van der Waals surface area contributed by atoms with Crippen LogP contribution in [-0.4, -0.2) is 24.3 Å². The van der Waals surface area contributed by atoms with Gasteiger partial charge < -0.3 is 9.84 Å². The lowest BCUT2D eigenvalue weighted by atomic mass is 9.53. The molecule has 1 rings (SSSR count). The van der Waals surface area contributed by atoms with Crippen LogP contribution in [0.2, 0.25) is 0 Å². The molecule has 0 bridgehead atoms. The molecule has 0 spiro atoms. The van der Waals surface area contributed by atoms with Crippen molar-refractivity contribution in [3.8, 4) is 0 Å². The van der Waals surface area contributed by atoms with Crippen LogP contribution in [0.5, 0.6) is 0 Å². The lowest BCUT2D eigenvalue weighted by Crippen LogP contribution is -2.46. The quantitative estimate of drug-likeness (QED) is 0.728. The molecule has 1 fully saturated rings. The van der Waals surface area contributed by atoms with Gasteiger partial charge in [-0.3, -0.25) is 4.79 Å². The first kappa shape index (κ1) is 12.5. The fraction of sp³-hybridized carbons (Fsp3) is 0.917. The van der Waals surface area contributed by atoms with Gasteiger partial charge in [-0.15, -0.1) is 0 Å². The summed E-state index contributed by atoms with van der Waals surface area (Å²) in [5.74, 6) is 0.696. The molecule has 1 N–H and O–H groups in total. The minimum atomic E-state index is -0.272. The Kier molecular flexibility index (Phi) is 3.77. The molecular formula is C12H22O3. The monoisotopic (exact) mass is 214 g/mol. The van der Waals surface area contributed by atoms with Gasteiger partial charge in [0.1, 0.15) is 0 Å². The van der Waals surface area contributed by atoms with E-state index in [0.717, 1.165) is 12.8 Å². The Balaban J connectivity index is 2.52. The smallest absolute Gasteiger partial charge is 0.305 e. The first-order chi connectivity index (χ1) is 6.86. The Labute approximate surface area is 91.8 Å². The van der Waals surface area contributed by atoms with E-state index in [1.165, 1.54) is 7.11 Å². The normalized spacial score (nSPS) is 30.5. The Morgan fingerprint density at radius 2 is 2.20 bits per heavy atom. The standard InChI is InChI=1S/C12H22O3/c1-8(13)5-9-7-12(2,3)10(9)6-11(14)15-4/h8-10,13H,5-7H2,1-4H3/t8-,9?,10?/m0/s1. The highest BCUT2D eigenvalue weighted by Gasteiger charge is 2.47. The van der Waals surface area contributed by atoms with Gasteiger partial charge in [-0.1, -0.05) is 13.8 Å². The van der Waals surface area contributed by atoms with Crippen LogP contribution in [0.3, 0.4) is 0 Å². The third-order valence-electron chi connectivity index (χ3n) is 3.62. The van der Waals surface area contributed by atoms with Crippen molar-refractivity contribution in [2.45, 2.75) is 46.1 Å². The summed E-state index contributed by atoms with van der Waals surface area (Å²) in [5, 5.41) is 9.35. The Morgan fingerprint density at radius 1 is 1.60 bits per heavy atom. The lowest BCUT2D eigenvalue weighted by molar-refractivity contribution is -0.148. The summed E-state index contributed by atoms with van der Waals surface area (Å²) in [7, 11) is 1.43. The third-order valence-corrected chi connectivity index (χ3v) is 3.62. The van der Waals surface area contributed by atoms with Crippen LogP contribution in [0.1, 0.15) is 40.0 Å². The zero-order valence-electron chi connectivity index (χ0n) is 10.1.